The van der Waals surface area contributed by atoms with E-state index in [4.69, 9.17) is 0 Å². The minimum absolute atomic E-state index is 0.302. The monoisotopic (exact) mass is 392 g/mol. The van der Waals surface area contributed by atoms with Gasteiger partial charge in [0.2, 0.25) is 0 Å². The second-order valence-corrected chi connectivity index (χ2v) is 7.16. The van der Waals surface area contributed by atoms with Crippen molar-refractivity contribution in [1.29, 1.82) is 0 Å². The van der Waals surface area contributed by atoms with Gasteiger partial charge in [-0.2, -0.15) is 8.78 Å². The van der Waals surface area contributed by atoms with E-state index < -0.39 is 18.2 Å². The fraction of sp³-hybridized carbons (Fsp3) is 0.391. The molecule has 0 atom stereocenters. The minimum Gasteiger partial charge on any atom is -0.432 e. The molecule has 0 spiro atoms. The third kappa shape index (κ3) is 5.37. The van der Waals surface area contributed by atoms with Gasteiger partial charge in [-0.1, -0.05) is 42.5 Å². The Kier molecular flexibility index (Phi) is 7.12. The fourth-order valence-corrected chi connectivity index (χ4v) is 3.82. The van der Waals surface area contributed by atoms with Gasteiger partial charge in [-0.05, 0) is 72.8 Å². The van der Waals surface area contributed by atoms with E-state index >= 15 is 0 Å². The van der Waals surface area contributed by atoms with E-state index in [1.54, 1.807) is 6.07 Å². The molecular weight excluding hydrogens is 368 g/mol. The zero-order chi connectivity index (χ0) is 19.9. The average Bonchev–Trinajstić information content (AvgIpc) is 2.70. The molecule has 0 N–H and O–H groups in total. The van der Waals surface area contributed by atoms with Crippen LogP contribution in [0.1, 0.15) is 43.6 Å². The molecule has 0 radical (unpaired) electrons. The number of hydrogen-bond acceptors (Lipinski definition) is 1. The second kappa shape index (κ2) is 9.76. The molecule has 1 aliphatic carbocycles. The molecule has 1 nitrogen and oxygen atoms in total. The van der Waals surface area contributed by atoms with Crippen LogP contribution in [0.5, 0.6) is 5.75 Å². The van der Waals surface area contributed by atoms with E-state index in [9.17, 15) is 17.6 Å². The first-order chi connectivity index (χ1) is 13.6. The van der Waals surface area contributed by atoms with Crippen LogP contribution in [0.4, 0.5) is 17.6 Å². The number of hydrogen-bond donors (Lipinski definition) is 0. The molecule has 1 saturated carbocycles. The Hall–Kier alpha value is -2.30. The summed E-state index contributed by atoms with van der Waals surface area (Å²) >= 11 is 0. The van der Waals surface area contributed by atoms with Crippen molar-refractivity contribution in [1.82, 2.24) is 0 Å². The van der Waals surface area contributed by atoms with Crippen LogP contribution in [0, 0.1) is 11.7 Å². The van der Waals surface area contributed by atoms with Crippen LogP contribution in [0.15, 0.2) is 54.6 Å². The van der Waals surface area contributed by atoms with E-state index in [0.717, 1.165) is 31.2 Å². The number of ether oxygens (including phenoxy) is 1. The van der Waals surface area contributed by atoms with Gasteiger partial charge in [0.05, 0.1) is 6.67 Å². The predicted molar refractivity (Wildman–Crippen MR) is 103 cm³/mol. The Bertz CT molecular complexity index is 778. The maximum atomic E-state index is 13.9. The molecule has 2 aromatic rings. The number of benzene rings is 2. The first kappa shape index (κ1) is 20.4. The lowest BCUT2D eigenvalue weighted by Crippen LogP contribution is -2.11. The molecule has 150 valence electrons. The molecule has 0 amide bonds. The van der Waals surface area contributed by atoms with Crippen LogP contribution in [-0.2, 0) is 0 Å². The molecule has 5 heteroatoms. The normalized spacial score (nSPS) is 20.0. The maximum absolute atomic E-state index is 13.9. The van der Waals surface area contributed by atoms with Crippen LogP contribution in [0.25, 0.3) is 11.1 Å². The van der Waals surface area contributed by atoms with Gasteiger partial charge in [0.15, 0.2) is 11.6 Å². The molecule has 1 fully saturated rings. The Labute approximate surface area is 163 Å². The zero-order valence-corrected chi connectivity index (χ0v) is 15.6. The molecule has 2 aromatic carbocycles. The molecule has 3 rings (SSSR count). The van der Waals surface area contributed by atoms with Gasteiger partial charge in [0.1, 0.15) is 0 Å². The van der Waals surface area contributed by atoms with Gasteiger partial charge >= 0.3 is 6.61 Å². The van der Waals surface area contributed by atoms with Crippen molar-refractivity contribution in [3.8, 4) is 16.9 Å². The van der Waals surface area contributed by atoms with Gasteiger partial charge in [-0.15, -0.1) is 0 Å². The van der Waals surface area contributed by atoms with Crippen LogP contribution >= 0.6 is 0 Å². The first-order valence-electron chi connectivity index (χ1n) is 9.64. The summed E-state index contributed by atoms with van der Waals surface area (Å²) in [5.41, 5.74) is 2.70. The van der Waals surface area contributed by atoms with Crippen molar-refractivity contribution in [3.63, 3.8) is 0 Å². The number of alkyl halides is 3. The molecule has 0 unspecified atom stereocenters. The highest BCUT2D eigenvalue weighted by molar-refractivity contribution is 5.64. The summed E-state index contributed by atoms with van der Waals surface area (Å²) in [6.07, 6.45) is 8.98. The number of allylic oxidation sites excluding steroid dienone is 2. The summed E-state index contributed by atoms with van der Waals surface area (Å²) in [4.78, 5) is 0. The minimum atomic E-state index is -3.05. The van der Waals surface area contributed by atoms with Crippen LogP contribution in [0.2, 0.25) is 0 Å². The van der Waals surface area contributed by atoms with Gasteiger partial charge in [0, 0.05) is 0 Å². The highest BCUT2D eigenvalue weighted by atomic mass is 19.3. The standard InChI is InChI=1S/C23H24F4O/c24-14-2-1-3-16-4-6-17(7-5-16)18-8-10-19(11-9-18)20-12-13-22(21(25)15-20)28-23(26)27/h1,3,8-13,15-17,23H,2,4-7,14H2. The molecule has 0 aromatic heterocycles. The molecule has 0 bridgehead atoms. The molecule has 0 heterocycles. The van der Waals surface area contributed by atoms with Gasteiger partial charge in [-0.25, -0.2) is 4.39 Å². The number of halogens is 4. The van der Waals surface area contributed by atoms with Crippen LogP contribution < -0.4 is 4.74 Å². The SMILES string of the molecule is FCCC=CC1CCC(c2ccc(-c3ccc(OC(F)F)c(F)c3)cc2)CC1. The van der Waals surface area contributed by atoms with Crippen molar-refractivity contribution < 1.29 is 22.3 Å². The largest absolute Gasteiger partial charge is 0.432 e. The molecular formula is C23H24F4O. The third-order valence-electron chi connectivity index (χ3n) is 5.32. The quantitative estimate of drug-likeness (QED) is 0.355. The van der Waals surface area contributed by atoms with Crippen molar-refractivity contribution in [2.45, 2.75) is 44.6 Å². The molecule has 28 heavy (non-hydrogen) atoms. The maximum Gasteiger partial charge on any atom is 0.387 e. The highest BCUT2D eigenvalue weighted by Gasteiger charge is 2.21. The van der Waals surface area contributed by atoms with Crippen molar-refractivity contribution >= 4 is 0 Å². The lowest BCUT2D eigenvalue weighted by molar-refractivity contribution is -0.0521. The fourth-order valence-electron chi connectivity index (χ4n) is 3.82. The Morgan fingerprint density at radius 2 is 1.64 bits per heavy atom. The van der Waals surface area contributed by atoms with E-state index in [1.807, 2.05) is 18.2 Å². The molecule has 1 aliphatic rings. The Morgan fingerprint density at radius 1 is 0.964 bits per heavy atom. The summed E-state index contributed by atoms with van der Waals surface area (Å²) in [5, 5.41) is 0. The summed E-state index contributed by atoms with van der Waals surface area (Å²) in [6, 6.07) is 12.0. The summed E-state index contributed by atoms with van der Waals surface area (Å²) in [6.45, 7) is -3.35. The summed E-state index contributed by atoms with van der Waals surface area (Å²) < 4.78 is 54.7. The summed E-state index contributed by atoms with van der Waals surface area (Å²) in [7, 11) is 0. The number of rotatable bonds is 7. The van der Waals surface area contributed by atoms with Crippen molar-refractivity contribution in [2.24, 2.45) is 5.92 Å². The first-order valence-corrected chi connectivity index (χ1v) is 9.64. The van der Waals surface area contributed by atoms with E-state index in [2.05, 4.69) is 22.9 Å². The van der Waals surface area contributed by atoms with E-state index in [0.29, 0.717) is 23.8 Å². The summed E-state index contributed by atoms with van der Waals surface area (Å²) in [5.74, 6) is -0.217. The molecule has 0 aliphatic heterocycles. The average molecular weight is 392 g/mol. The second-order valence-electron chi connectivity index (χ2n) is 7.16. The van der Waals surface area contributed by atoms with Crippen LogP contribution in [0.3, 0.4) is 0 Å². The van der Waals surface area contributed by atoms with Gasteiger partial charge in [0.25, 0.3) is 0 Å². The van der Waals surface area contributed by atoms with Crippen molar-refractivity contribution in [2.75, 3.05) is 6.67 Å². The molecule has 0 saturated heterocycles. The van der Waals surface area contributed by atoms with Gasteiger partial charge in [-0.3, -0.25) is 4.39 Å². The Morgan fingerprint density at radius 3 is 2.25 bits per heavy atom. The Balaban J connectivity index is 1.62. The highest BCUT2D eigenvalue weighted by Crippen LogP contribution is 2.37. The van der Waals surface area contributed by atoms with Crippen molar-refractivity contribution in [3.05, 3.63) is 66.0 Å². The predicted octanol–water partition coefficient (Wildman–Crippen LogP) is 7.28. The topological polar surface area (TPSA) is 9.23 Å². The van der Waals surface area contributed by atoms with E-state index in [-0.39, 0.29) is 6.67 Å². The lowest BCUT2D eigenvalue weighted by atomic mass is 9.78. The lowest BCUT2D eigenvalue weighted by Gasteiger charge is -2.27. The zero-order valence-electron chi connectivity index (χ0n) is 15.6. The van der Waals surface area contributed by atoms with Crippen LogP contribution in [-0.4, -0.2) is 13.3 Å². The van der Waals surface area contributed by atoms with E-state index in [1.165, 1.54) is 17.7 Å². The smallest absolute Gasteiger partial charge is 0.387 e. The van der Waals surface area contributed by atoms with Gasteiger partial charge < -0.3 is 4.74 Å². The third-order valence-corrected chi connectivity index (χ3v) is 5.32.